The van der Waals surface area contributed by atoms with Crippen LogP contribution in [0.25, 0.3) is 0 Å². The lowest BCUT2D eigenvalue weighted by molar-refractivity contribution is -0.0258. The maximum atomic E-state index is 13.7. The third-order valence-corrected chi connectivity index (χ3v) is 6.33. The molecule has 2 aromatic rings. The topological polar surface area (TPSA) is 73.4 Å². The number of amides is 2. The summed E-state index contributed by atoms with van der Waals surface area (Å²) in [4.78, 5) is 12.9. The summed E-state index contributed by atoms with van der Waals surface area (Å²) >= 11 is -1.79. The minimum absolute atomic E-state index is 0.254. The monoisotopic (exact) mass is 416 g/mol. The van der Waals surface area contributed by atoms with Crippen LogP contribution in [0.4, 0.5) is 14.9 Å². The van der Waals surface area contributed by atoms with Crippen molar-refractivity contribution in [3.8, 4) is 5.75 Å². The van der Waals surface area contributed by atoms with Crippen molar-refractivity contribution >= 4 is 23.1 Å². The highest BCUT2D eigenvalue weighted by Crippen LogP contribution is 2.38. The van der Waals surface area contributed by atoms with Gasteiger partial charge in [0.05, 0.1) is 0 Å². The van der Waals surface area contributed by atoms with Crippen LogP contribution in [0.5, 0.6) is 5.75 Å². The molecule has 154 valence electrons. The van der Waals surface area contributed by atoms with E-state index in [1.807, 2.05) is 0 Å². The number of halogens is 1. The summed E-state index contributed by atoms with van der Waals surface area (Å²) in [6.45, 7) is 2.58. The Hall–Kier alpha value is -2.25. The second-order valence-corrected chi connectivity index (χ2v) is 9.21. The number of hydrogen-bond acceptors (Lipinski definition) is 3. The molecule has 2 amide bonds. The van der Waals surface area contributed by atoms with Crippen molar-refractivity contribution in [2.75, 3.05) is 5.32 Å². The van der Waals surface area contributed by atoms with Gasteiger partial charge in [-0.1, -0.05) is 12.1 Å². The molecule has 0 spiro atoms. The van der Waals surface area contributed by atoms with Gasteiger partial charge in [0.2, 0.25) is 5.85 Å². The van der Waals surface area contributed by atoms with E-state index in [0.29, 0.717) is 4.90 Å². The van der Waals surface area contributed by atoms with E-state index in [1.165, 1.54) is 42.2 Å². The molecule has 0 heterocycles. The number of benzene rings is 2. The number of carbonyl (C=O) groups excluding carboxylic acids is 1. The standard InChI is InChI=1S/C22H25FN2O3S/c1-22(2,23)28-16-8-5-9-17(13-16)29(27)25-21(26)24-20-18-10-3-6-14(18)12-15-7-4-11-19(15)20/h5,8-9,12-13H,3-4,6-7,10-11H2,1-2H3,(H2,24,25,26). The van der Waals surface area contributed by atoms with Gasteiger partial charge in [0.25, 0.3) is 0 Å². The summed E-state index contributed by atoms with van der Waals surface area (Å²) in [7, 11) is 0. The third-order valence-electron chi connectivity index (χ3n) is 5.28. The van der Waals surface area contributed by atoms with E-state index in [9.17, 15) is 13.7 Å². The zero-order valence-electron chi connectivity index (χ0n) is 16.6. The van der Waals surface area contributed by atoms with Crippen LogP contribution < -0.4 is 14.8 Å². The SMILES string of the molecule is CC(C)(F)Oc1cccc([S+]([O-])NC(=O)Nc2c3c(cc4c2CCC4)CCC3)c1. The molecule has 0 aliphatic heterocycles. The van der Waals surface area contributed by atoms with Gasteiger partial charge >= 0.3 is 6.03 Å². The second-order valence-electron chi connectivity index (χ2n) is 8.00. The van der Waals surface area contributed by atoms with Crippen molar-refractivity contribution in [2.45, 2.75) is 63.1 Å². The number of alkyl halides is 1. The molecule has 2 N–H and O–H groups in total. The van der Waals surface area contributed by atoms with Crippen LogP contribution in [0.15, 0.2) is 35.2 Å². The van der Waals surface area contributed by atoms with E-state index >= 15 is 0 Å². The van der Waals surface area contributed by atoms with Gasteiger partial charge in [-0.15, -0.1) is 4.72 Å². The number of ether oxygens (including phenoxy) is 1. The molecule has 0 saturated carbocycles. The van der Waals surface area contributed by atoms with Gasteiger partial charge < -0.3 is 14.6 Å². The molecule has 29 heavy (non-hydrogen) atoms. The summed E-state index contributed by atoms with van der Waals surface area (Å²) in [5.41, 5.74) is 5.97. The van der Waals surface area contributed by atoms with E-state index in [-0.39, 0.29) is 5.75 Å². The van der Waals surface area contributed by atoms with Crippen molar-refractivity contribution in [3.05, 3.63) is 52.6 Å². The van der Waals surface area contributed by atoms with Gasteiger partial charge in [0.1, 0.15) is 17.1 Å². The van der Waals surface area contributed by atoms with E-state index < -0.39 is 23.2 Å². The first kappa shape index (κ1) is 20.0. The Kier molecular flexibility index (Phi) is 5.44. The number of anilines is 1. The molecule has 0 fully saturated rings. The Bertz CT molecular complexity index is 910. The molecule has 5 nitrogen and oxygen atoms in total. The number of nitrogens with one attached hydrogen (secondary N) is 2. The largest absolute Gasteiger partial charge is 0.588 e. The average molecular weight is 417 g/mol. The predicted molar refractivity (Wildman–Crippen MR) is 111 cm³/mol. The molecule has 1 unspecified atom stereocenters. The lowest BCUT2D eigenvalue weighted by Gasteiger charge is -2.18. The van der Waals surface area contributed by atoms with Gasteiger partial charge in [-0.3, -0.25) is 0 Å². The molecule has 0 radical (unpaired) electrons. The number of carbonyl (C=O) groups is 1. The van der Waals surface area contributed by atoms with Gasteiger partial charge in [-0.2, -0.15) is 4.39 Å². The summed E-state index contributed by atoms with van der Waals surface area (Å²) in [6.07, 6.45) is 6.20. The van der Waals surface area contributed by atoms with E-state index in [4.69, 9.17) is 4.74 Å². The highest BCUT2D eigenvalue weighted by molar-refractivity contribution is 7.90. The Morgan fingerprint density at radius 1 is 1.10 bits per heavy atom. The third kappa shape index (κ3) is 4.51. The fourth-order valence-corrected chi connectivity index (χ4v) is 4.95. The van der Waals surface area contributed by atoms with Gasteiger partial charge in [0, 0.05) is 25.6 Å². The summed E-state index contributed by atoms with van der Waals surface area (Å²) in [5, 5.41) is 2.96. The van der Waals surface area contributed by atoms with Crippen LogP contribution in [0.1, 0.15) is 48.9 Å². The highest BCUT2D eigenvalue weighted by Gasteiger charge is 2.26. The first-order chi connectivity index (χ1) is 13.8. The number of fused-ring (bicyclic) bond motifs is 2. The molecular formula is C22H25FN2O3S. The van der Waals surface area contributed by atoms with E-state index in [1.54, 1.807) is 18.2 Å². The first-order valence-corrected chi connectivity index (χ1v) is 11.1. The van der Waals surface area contributed by atoms with Crippen molar-refractivity contribution in [2.24, 2.45) is 0 Å². The molecule has 7 heteroatoms. The molecule has 2 aromatic carbocycles. The quantitative estimate of drug-likeness (QED) is 0.700. The average Bonchev–Trinajstić information content (AvgIpc) is 3.29. The lowest BCUT2D eigenvalue weighted by atomic mass is 9.99. The maximum Gasteiger partial charge on any atom is 0.361 e. The minimum atomic E-state index is -1.85. The van der Waals surface area contributed by atoms with Crippen LogP contribution in [-0.4, -0.2) is 16.4 Å². The van der Waals surface area contributed by atoms with E-state index in [0.717, 1.165) is 44.2 Å². The molecular weight excluding hydrogens is 391 g/mol. The molecule has 2 aliphatic carbocycles. The Morgan fingerprint density at radius 2 is 1.76 bits per heavy atom. The molecule has 0 saturated heterocycles. The fourth-order valence-electron chi connectivity index (χ4n) is 4.18. The van der Waals surface area contributed by atoms with Crippen molar-refractivity contribution in [3.63, 3.8) is 0 Å². The minimum Gasteiger partial charge on any atom is -0.588 e. The number of urea groups is 1. The van der Waals surface area contributed by atoms with E-state index in [2.05, 4.69) is 16.1 Å². The molecule has 0 bridgehead atoms. The normalized spacial score (nSPS) is 16.1. The number of hydrogen-bond donors (Lipinski definition) is 2. The zero-order chi connectivity index (χ0) is 20.6. The first-order valence-electron chi connectivity index (χ1n) is 9.94. The van der Waals surface area contributed by atoms with Crippen LogP contribution >= 0.6 is 0 Å². The van der Waals surface area contributed by atoms with Crippen LogP contribution in [-0.2, 0) is 37.0 Å². The van der Waals surface area contributed by atoms with Gasteiger partial charge in [-0.05, 0) is 72.9 Å². The van der Waals surface area contributed by atoms with Crippen LogP contribution in [0.2, 0.25) is 0 Å². The summed E-state index contributed by atoms with van der Waals surface area (Å²) < 4.78 is 34.0. The Balaban J connectivity index is 1.48. The van der Waals surface area contributed by atoms with Crippen molar-refractivity contribution < 1.29 is 18.5 Å². The second kappa shape index (κ2) is 7.88. The van der Waals surface area contributed by atoms with Crippen molar-refractivity contribution in [1.82, 2.24) is 4.72 Å². The van der Waals surface area contributed by atoms with Crippen molar-refractivity contribution in [1.29, 1.82) is 0 Å². The van der Waals surface area contributed by atoms with Gasteiger partial charge in [0.15, 0.2) is 4.90 Å². The fraction of sp³-hybridized carbons (Fsp3) is 0.409. The molecule has 2 aliphatic rings. The van der Waals surface area contributed by atoms with Gasteiger partial charge in [-0.25, -0.2) is 4.79 Å². The van der Waals surface area contributed by atoms with Crippen LogP contribution in [0.3, 0.4) is 0 Å². The van der Waals surface area contributed by atoms with Crippen LogP contribution in [0, 0.1) is 0 Å². The highest BCUT2D eigenvalue weighted by atomic mass is 32.2. The number of rotatable bonds is 5. The lowest BCUT2D eigenvalue weighted by Crippen LogP contribution is -2.35. The number of aryl methyl sites for hydroxylation is 2. The Morgan fingerprint density at radius 3 is 2.38 bits per heavy atom. The molecule has 1 atom stereocenters. The maximum absolute atomic E-state index is 13.7. The smallest absolute Gasteiger partial charge is 0.361 e. The molecule has 4 rings (SSSR count). The molecule has 0 aromatic heterocycles. The summed E-state index contributed by atoms with van der Waals surface area (Å²) in [6, 6.07) is 8.06. The predicted octanol–water partition coefficient (Wildman–Crippen LogP) is 4.59. The zero-order valence-corrected chi connectivity index (χ0v) is 17.5. The Labute approximate surface area is 173 Å². The summed E-state index contributed by atoms with van der Waals surface area (Å²) in [5.74, 6) is -1.59.